The molecular weight excluding hydrogens is 898 g/mol. The number of ether oxygens (including phenoxy) is 1. The van der Waals surface area contributed by atoms with Crippen LogP contribution in [0.25, 0.3) is 49.9 Å². The first kappa shape index (κ1) is 45.3. The van der Waals surface area contributed by atoms with Crippen molar-refractivity contribution in [3.05, 3.63) is 147 Å². The van der Waals surface area contributed by atoms with E-state index in [-0.39, 0.29) is 58.8 Å². The molecule has 0 aliphatic carbocycles. The van der Waals surface area contributed by atoms with E-state index in [1.54, 1.807) is 74.2 Å². The van der Waals surface area contributed by atoms with Crippen molar-refractivity contribution in [3.63, 3.8) is 0 Å². The molecule has 2 aliphatic heterocycles. The van der Waals surface area contributed by atoms with Gasteiger partial charge >= 0.3 is 11.4 Å². The lowest BCUT2D eigenvalue weighted by atomic mass is 9.92. The fourth-order valence-corrected chi connectivity index (χ4v) is 9.63. The van der Waals surface area contributed by atoms with Crippen LogP contribution in [-0.4, -0.2) is 83.1 Å². The number of anilines is 2. The summed E-state index contributed by atoms with van der Waals surface area (Å²) in [4.78, 5) is 79.5. The maximum absolute atomic E-state index is 17.2. The third kappa shape index (κ3) is 8.12. The number of hydrogen-bond donors (Lipinski definition) is 3. The molecule has 1 unspecified atom stereocenters. The summed E-state index contributed by atoms with van der Waals surface area (Å²) in [6, 6.07) is 27.7. The first-order chi connectivity index (χ1) is 33.8. The lowest BCUT2D eigenvalue weighted by Crippen LogP contribution is -2.44. The van der Waals surface area contributed by atoms with Crippen LogP contribution in [0.15, 0.2) is 113 Å². The summed E-state index contributed by atoms with van der Waals surface area (Å²) >= 11 is 0. The van der Waals surface area contributed by atoms with Crippen LogP contribution < -0.4 is 32.2 Å². The average Bonchev–Trinajstić information content (AvgIpc) is 3.99. The number of aryl methyl sites for hydroxylation is 3. The second kappa shape index (κ2) is 18.2. The van der Waals surface area contributed by atoms with E-state index in [0.717, 1.165) is 35.2 Å². The molecule has 5 heterocycles. The number of hydrogen-bond acceptors (Lipinski definition) is 10. The number of carbonyl (C=O) groups is 4. The zero-order valence-electron chi connectivity index (χ0n) is 38.7. The van der Waals surface area contributed by atoms with Crippen molar-refractivity contribution in [2.75, 3.05) is 30.4 Å². The fraction of sp³-hybridized carbons (Fsp3) is 0.255. The van der Waals surface area contributed by atoms with Gasteiger partial charge in [-0.3, -0.25) is 38.3 Å². The van der Waals surface area contributed by atoms with Crippen LogP contribution in [0.1, 0.15) is 58.1 Å². The van der Waals surface area contributed by atoms with Gasteiger partial charge in [-0.1, -0.05) is 42.5 Å². The van der Waals surface area contributed by atoms with E-state index in [2.05, 4.69) is 31.0 Å². The number of para-hydroxylation sites is 1. The van der Waals surface area contributed by atoms with Gasteiger partial charge in [-0.05, 0) is 96.1 Å². The Morgan fingerprint density at radius 2 is 1.56 bits per heavy atom. The lowest BCUT2D eigenvalue weighted by Gasteiger charge is -2.34. The minimum absolute atomic E-state index is 0.0170. The third-order valence-electron chi connectivity index (χ3n) is 13.3. The summed E-state index contributed by atoms with van der Waals surface area (Å²) in [5.41, 5.74) is 6.03. The number of nitrogens with zero attached hydrogens (tertiary/aromatic N) is 8. The highest BCUT2D eigenvalue weighted by atomic mass is 19.1. The Kier molecular flexibility index (Phi) is 11.8. The van der Waals surface area contributed by atoms with Gasteiger partial charge in [0.25, 0.3) is 11.8 Å². The van der Waals surface area contributed by atoms with Gasteiger partial charge in [-0.15, -0.1) is 0 Å². The lowest BCUT2D eigenvalue weighted by molar-refractivity contribution is -0.135. The molecule has 0 radical (unpaired) electrons. The molecule has 2 saturated heterocycles. The van der Waals surface area contributed by atoms with E-state index >= 15 is 4.39 Å². The van der Waals surface area contributed by atoms with Gasteiger partial charge < -0.3 is 20.3 Å². The molecule has 1 atom stereocenters. The molecule has 3 aromatic heterocycles. The summed E-state index contributed by atoms with van der Waals surface area (Å²) < 4.78 is 30.8. The molecule has 0 bridgehead atoms. The minimum atomic E-state index is -0.766. The number of carbonyl (C=O) groups excluding carboxylic acids is 4. The van der Waals surface area contributed by atoms with Gasteiger partial charge in [0.15, 0.2) is 5.69 Å². The summed E-state index contributed by atoms with van der Waals surface area (Å²) in [5, 5.41) is 16.2. The number of aromatic nitrogens is 7. The second-order valence-corrected chi connectivity index (χ2v) is 17.6. The summed E-state index contributed by atoms with van der Waals surface area (Å²) in [6.07, 6.45) is 3.30. The van der Waals surface area contributed by atoms with E-state index in [9.17, 15) is 28.8 Å². The molecule has 4 amide bonds. The number of nitrogens with one attached hydrogen (secondary N) is 3. The summed E-state index contributed by atoms with van der Waals surface area (Å²) in [5.74, 6) is -2.46. The predicted octanol–water partition coefficient (Wildman–Crippen LogP) is 5.36. The molecule has 0 saturated carbocycles. The molecule has 5 aromatic carbocycles. The van der Waals surface area contributed by atoms with Crippen LogP contribution >= 0.6 is 0 Å². The van der Waals surface area contributed by atoms with Gasteiger partial charge in [0.2, 0.25) is 11.8 Å². The Morgan fingerprint density at radius 1 is 0.800 bits per heavy atom. The SMILES string of the molecule is CNC(=O)c1cccc(NC(=O)c2nn(C)c3ccc(-c4ccc(-n5cnn(C)c5=O)cc4-c4ccc(COC5CCN(c6cccc7c6n(C)c(=O)n7C6CCC(=O)NC6=O)CC5)cc4)c(F)c23)c1. The number of benzene rings is 5. The maximum atomic E-state index is 17.2. The van der Waals surface area contributed by atoms with Crippen molar-refractivity contribution in [2.45, 2.75) is 44.4 Å². The molecule has 356 valence electrons. The van der Waals surface area contributed by atoms with Gasteiger partial charge in [0.1, 0.15) is 18.2 Å². The Hall–Kier alpha value is -8.45. The fourth-order valence-electron chi connectivity index (χ4n) is 9.63. The van der Waals surface area contributed by atoms with E-state index in [1.807, 2.05) is 42.5 Å². The quantitative estimate of drug-likeness (QED) is 0.142. The Balaban J connectivity index is 0.889. The van der Waals surface area contributed by atoms with Crippen LogP contribution in [-0.2, 0) is 42.1 Å². The first-order valence-corrected chi connectivity index (χ1v) is 22.8. The molecule has 70 heavy (non-hydrogen) atoms. The first-order valence-electron chi connectivity index (χ1n) is 22.8. The molecular formula is C51H48FN11O7. The van der Waals surface area contributed by atoms with Gasteiger partial charge in [-0.25, -0.2) is 23.2 Å². The smallest absolute Gasteiger partial charge is 0.350 e. The molecule has 10 rings (SSSR count). The largest absolute Gasteiger partial charge is 0.373 e. The highest BCUT2D eigenvalue weighted by Crippen LogP contribution is 2.39. The number of fused-ring (bicyclic) bond motifs is 2. The van der Waals surface area contributed by atoms with Crippen LogP contribution in [0.4, 0.5) is 15.8 Å². The third-order valence-corrected chi connectivity index (χ3v) is 13.3. The standard InChI is InChI=1S/C51H48FN11O7/c1-53-47(65)31-7-5-8-32(25-31)55-49(67)45-43-38(59(3)57-45)18-17-36(44(43)52)35-16-15-33(62-28-54-60(4)51(62)69)26-37(35)30-13-11-29(12-14-30)27-70-34-21-23-61(24-22-34)39-9-6-10-40-46(39)58(2)50(68)63(40)41-19-20-42(64)56-48(41)66/h5-18,25-26,28,34,41H,19-24,27H2,1-4H3,(H,53,65)(H,55,67)(H,56,64,66). The highest BCUT2D eigenvalue weighted by molar-refractivity contribution is 6.12. The predicted molar refractivity (Wildman–Crippen MR) is 260 cm³/mol. The monoisotopic (exact) mass is 945 g/mol. The summed E-state index contributed by atoms with van der Waals surface area (Å²) in [6.45, 7) is 1.70. The number of imidazole rings is 1. The van der Waals surface area contributed by atoms with Gasteiger partial charge in [0.05, 0.1) is 46.0 Å². The maximum Gasteiger partial charge on any atom is 0.350 e. The van der Waals surface area contributed by atoms with Crippen LogP contribution in [0.2, 0.25) is 0 Å². The number of halogens is 1. The second-order valence-electron chi connectivity index (χ2n) is 17.6. The number of amides is 4. The number of piperidine rings is 2. The van der Waals surface area contributed by atoms with Crippen LogP contribution in [0, 0.1) is 5.82 Å². The van der Waals surface area contributed by atoms with E-state index in [4.69, 9.17) is 4.74 Å². The molecule has 0 spiro atoms. The molecule has 18 nitrogen and oxygen atoms in total. The van der Waals surface area contributed by atoms with E-state index < -0.39 is 23.7 Å². The topological polar surface area (TPSA) is 201 Å². The molecule has 3 N–H and O–H groups in total. The van der Waals surface area contributed by atoms with Crippen molar-refractivity contribution < 1.29 is 28.3 Å². The zero-order valence-corrected chi connectivity index (χ0v) is 38.7. The molecule has 2 fully saturated rings. The number of imide groups is 1. The van der Waals surface area contributed by atoms with E-state index in [1.165, 1.54) is 37.9 Å². The molecule has 8 aromatic rings. The van der Waals surface area contributed by atoms with Crippen LogP contribution in [0.5, 0.6) is 0 Å². The average molecular weight is 946 g/mol. The Bertz CT molecular complexity index is 3540. The van der Waals surface area contributed by atoms with Crippen molar-refractivity contribution in [1.29, 1.82) is 0 Å². The van der Waals surface area contributed by atoms with Crippen molar-refractivity contribution in [1.82, 2.24) is 43.9 Å². The Morgan fingerprint density at radius 3 is 2.29 bits per heavy atom. The van der Waals surface area contributed by atoms with Gasteiger partial charge in [-0.2, -0.15) is 10.2 Å². The van der Waals surface area contributed by atoms with Gasteiger partial charge in [0, 0.05) is 64.5 Å². The Labute approximate surface area is 398 Å². The normalized spacial score (nSPS) is 15.4. The zero-order chi connectivity index (χ0) is 49.0. The molecule has 19 heteroatoms. The van der Waals surface area contributed by atoms with E-state index in [0.29, 0.717) is 58.8 Å². The number of rotatable bonds is 11. The highest BCUT2D eigenvalue weighted by Gasteiger charge is 2.33. The minimum Gasteiger partial charge on any atom is -0.373 e. The van der Waals surface area contributed by atoms with Crippen molar-refractivity contribution in [2.24, 2.45) is 21.1 Å². The molecule has 2 aliphatic rings. The van der Waals surface area contributed by atoms with Crippen molar-refractivity contribution >= 4 is 56.9 Å². The van der Waals surface area contributed by atoms with Crippen LogP contribution in [0.3, 0.4) is 0 Å². The summed E-state index contributed by atoms with van der Waals surface area (Å²) in [7, 11) is 6.40. The van der Waals surface area contributed by atoms with Crippen molar-refractivity contribution in [3.8, 4) is 27.9 Å².